The topological polar surface area (TPSA) is 37.3 Å². The van der Waals surface area contributed by atoms with Gasteiger partial charge in [-0.2, -0.15) is 0 Å². The molecule has 1 saturated carbocycles. The molecule has 0 bridgehead atoms. The number of hydrogen-bond acceptors (Lipinski definition) is 2. The van der Waals surface area contributed by atoms with Gasteiger partial charge in [0.1, 0.15) is 6.29 Å². The van der Waals surface area contributed by atoms with Crippen LogP contribution >= 0.6 is 0 Å². The van der Waals surface area contributed by atoms with Crippen LogP contribution in [0, 0.1) is 11.8 Å². The molecule has 0 heterocycles. The van der Waals surface area contributed by atoms with Crippen molar-refractivity contribution in [2.24, 2.45) is 11.8 Å². The lowest BCUT2D eigenvalue weighted by Crippen LogP contribution is -2.20. The number of aliphatic hydroxyl groups excluding tert-OH is 1. The van der Waals surface area contributed by atoms with Crippen LogP contribution in [0.3, 0.4) is 0 Å². The molecule has 1 aliphatic carbocycles. The highest BCUT2D eigenvalue weighted by atomic mass is 16.2. The van der Waals surface area contributed by atoms with Gasteiger partial charge >= 0.3 is 0 Å². The third kappa shape index (κ3) is 1.62. The Hall–Kier alpha value is -0.790. The van der Waals surface area contributed by atoms with E-state index in [0.717, 1.165) is 31.1 Å². The average Bonchev–Trinajstić information content (AvgIpc) is 2.05. The predicted octanol–water partition coefficient (Wildman–Crippen LogP) is 2.06. The Kier molecular flexibility index (Phi) is 2.69. The summed E-state index contributed by atoms with van der Waals surface area (Å²) in [5, 5.41) is 8.80. The zero-order chi connectivity index (χ0) is 8.27. The van der Waals surface area contributed by atoms with Crippen LogP contribution in [0.15, 0.2) is 11.8 Å². The Balaban J connectivity index is 2.66. The molecule has 1 rings (SSSR count). The molecule has 62 valence electrons. The average molecular weight is 154 g/mol. The number of carbonyl (C=O) groups is 1. The van der Waals surface area contributed by atoms with E-state index in [4.69, 9.17) is 5.11 Å². The summed E-state index contributed by atoms with van der Waals surface area (Å²) in [7, 11) is 0. The lowest BCUT2D eigenvalue weighted by atomic mass is 9.78. The zero-order valence-corrected chi connectivity index (χ0v) is 6.79. The van der Waals surface area contributed by atoms with E-state index in [2.05, 4.69) is 0 Å². The van der Waals surface area contributed by atoms with Gasteiger partial charge in [0, 0.05) is 5.92 Å². The zero-order valence-electron chi connectivity index (χ0n) is 6.79. The van der Waals surface area contributed by atoms with E-state index < -0.39 is 0 Å². The van der Waals surface area contributed by atoms with Gasteiger partial charge in [0.25, 0.3) is 0 Å². The minimum absolute atomic E-state index is 0.127. The highest BCUT2D eigenvalue weighted by Crippen LogP contribution is 2.32. The lowest BCUT2D eigenvalue weighted by Gasteiger charge is -2.26. The summed E-state index contributed by atoms with van der Waals surface area (Å²) in [4.78, 5) is 10.5. The Morgan fingerprint density at radius 1 is 1.64 bits per heavy atom. The Labute approximate surface area is 66.9 Å². The Morgan fingerprint density at radius 3 is 2.91 bits per heavy atom. The minimum Gasteiger partial charge on any atom is -0.516 e. The highest BCUT2D eigenvalue weighted by Gasteiger charge is 2.24. The first-order valence-corrected chi connectivity index (χ1v) is 4.08. The van der Waals surface area contributed by atoms with Crippen LogP contribution in [0.25, 0.3) is 0 Å². The van der Waals surface area contributed by atoms with Gasteiger partial charge in [-0.25, -0.2) is 0 Å². The summed E-state index contributed by atoms with van der Waals surface area (Å²) in [6.45, 7) is 2.00. The standard InChI is InChI=1S/C9H14O2/c1-7-8(5-10)3-2-4-9(7)6-11/h5-8,11H,2-4H2,1H3/b9-6+. The summed E-state index contributed by atoms with van der Waals surface area (Å²) >= 11 is 0. The third-order valence-corrected chi connectivity index (χ3v) is 2.57. The van der Waals surface area contributed by atoms with Crippen molar-refractivity contribution in [2.45, 2.75) is 26.2 Å². The SMILES string of the molecule is CC1/C(=C/O)CCCC1C=O. The normalized spacial score (nSPS) is 35.5. The molecular weight excluding hydrogens is 140 g/mol. The van der Waals surface area contributed by atoms with Crippen molar-refractivity contribution in [3.05, 3.63) is 11.8 Å². The first kappa shape index (κ1) is 8.31. The van der Waals surface area contributed by atoms with Crippen molar-refractivity contribution in [1.82, 2.24) is 0 Å². The maximum Gasteiger partial charge on any atom is 0.123 e. The van der Waals surface area contributed by atoms with Crippen molar-refractivity contribution >= 4 is 6.29 Å². The van der Waals surface area contributed by atoms with Gasteiger partial charge in [0.05, 0.1) is 6.26 Å². The highest BCUT2D eigenvalue weighted by molar-refractivity contribution is 5.55. The summed E-state index contributed by atoms with van der Waals surface area (Å²) in [5.74, 6) is 0.369. The van der Waals surface area contributed by atoms with E-state index in [9.17, 15) is 4.79 Å². The minimum atomic E-state index is 0.127. The summed E-state index contributed by atoms with van der Waals surface area (Å²) in [5.41, 5.74) is 1.02. The fourth-order valence-corrected chi connectivity index (χ4v) is 1.66. The smallest absolute Gasteiger partial charge is 0.123 e. The monoisotopic (exact) mass is 154 g/mol. The number of aliphatic hydroxyl groups is 1. The molecule has 0 amide bonds. The number of carbonyl (C=O) groups excluding carboxylic acids is 1. The molecule has 0 spiro atoms. The van der Waals surface area contributed by atoms with Crippen molar-refractivity contribution in [3.63, 3.8) is 0 Å². The predicted molar refractivity (Wildman–Crippen MR) is 43.3 cm³/mol. The second kappa shape index (κ2) is 3.56. The van der Waals surface area contributed by atoms with E-state index in [0.29, 0.717) is 0 Å². The second-order valence-electron chi connectivity index (χ2n) is 3.18. The molecule has 0 aliphatic heterocycles. The fourth-order valence-electron chi connectivity index (χ4n) is 1.66. The van der Waals surface area contributed by atoms with Gasteiger partial charge in [-0.3, -0.25) is 0 Å². The molecule has 0 aromatic rings. The number of rotatable bonds is 1. The van der Waals surface area contributed by atoms with Crippen LogP contribution in [0.2, 0.25) is 0 Å². The van der Waals surface area contributed by atoms with Gasteiger partial charge in [-0.15, -0.1) is 0 Å². The van der Waals surface area contributed by atoms with Crippen LogP contribution < -0.4 is 0 Å². The van der Waals surface area contributed by atoms with Crippen LogP contribution in [-0.4, -0.2) is 11.4 Å². The van der Waals surface area contributed by atoms with E-state index in [1.54, 1.807) is 0 Å². The molecule has 1 fully saturated rings. The van der Waals surface area contributed by atoms with Crippen molar-refractivity contribution in [1.29, 1.82) is 0 Å². The van der Waals surface area contributed by atoms with Crippen molar-refractivity contribution in [2.75, 3.05) is 0 Å². The maximum absolute atomic E-state index is 10.5. The van der Waals surface area contributed by atoms with Crippen LogP contribution in [0.4, 0.5) is 0 Å². The van der Waals surface area contributed by atoms with Crippen molar-refractivity contribution < 1.29 is 9.90 Å². The summed E-state index contributed by atoms with van der Waals surface area (Å²) < 4.78 is 0. The molecule has 2 nitrogen and oxygen atoms in total. The van der Waals surface area contributed by atoms with Gasteiger partial charge in [-0.1, -0.05) is 6.92 Å². The Morgan fingerprint density at radius 2 is 2.36 bits per heavy atom. The maximum atomic E-state index is 10.5. The van der Waals surface area contributed by atoms with Crippen LogP contribution in [-0.2, 0) is 4.79 Å². The van der Waals surface area contributed by atoms with Crippen LogP contribution in [0.5, 0.6) is 0 Å². The van der Waals surface area contributed by atoms with Gasteiger partial charge in [0.15, 0.2) is 0 Å². The van der Waals surface area contributed by atoms with E-state index in [1.165, 1.54) is 6.26 Å². The number of hydrogen-bond donors (Lipinski definition) is 1. The molecule has 2 heteroatoms. The van der Waals surface area contributed by atoms with Gasteiger partial charge in [-0.05, 0) is 30.8 Å². The molecule has 11 heavy (non-hydrogen) atoms. The molecule has 0 aromatic carbocycles. The van der Waals surface area contributed by atoms with Crippen molar-refractivity contribution in [3.8, 4) is 0 Å². The number of aldehydes is 1. The van der Waals surface area contributed by atoms with E-state index in [1.807, 2.05) is 6.92 Å². The molecule has 0 radical (unpaired) electrons. The first-order chi connectivity index (χ1) is 5.29. The quantitative estimate of drug-likeness (QED) is 0.463. The van der Waals surface area contributed by atoms with Gasteiger partial charge < -0.3 is 9.90 Å². The molecule has 0 saturated heterocycles. The third-order valence-electron chi connectivity index (χ3n) is 2.57. The van der Waals surface area contributed by atoms with Gasteiger partial charge in [0.2, 0.25) is 0 Å². The largest absolute Gasteiger partial charge is 0.516 e. The Bertz CT molecular complexity index is 172. The molecule has 1 aliphatic rings. The van der Waals surface area contributed by atoms with E-state index in [-0.39, 0.29) is 11.8 Å². The van der Waals surface area contributed by atoms with E-state index >= 15 is 0 Å². The first-order valence-electron chi connectivity index (χ1n) is 4.08. The number of allylic oxidation sites excluding steroid dienone is 1. The fraction of sp³-hybridized carbons (Fsp3) is 0.667. The summed E-state index contributed by atoms with van der Waals surface area (Å²) in [6, 6.07) is 0. The van der Waals surface area contributed by atoms with Crippen LogP contribution in [0.1, 0.15) is 26.2 Å². The molecule has 0 aromatic heterocycles. The summed E-state index contributed by atoms with van der Waals surface area (Å²) in [6.07, 6.45) is 5.12. The molecule has 1 N–H and O–H groups in total. The molecule has 2 atom stereocenters. The molecular formula is C9H14O2. The second-order valence-corrected chi connectivity index (χ2v) is 3.18. The lowest BCUT2D eigenvalue weighted by molar-refractivity contribution is -0.112. The molecule has 2 unspecified atom stereocenters.